The number of aryl methyl sites for hydroxylation is 1. The lowest BCUT2D eigenvalue weighted by atomic mass is 10.0. The van der Waals surface area contributed by atoms with Crippen LogP contribution in [-0.2, 0) is 11.8 Å². The summed E-state index contributed by atoms with van der Waals surface area (Å²) in [6.07, 6.45) is 5.43. The Morgan fingerprint density at radius 1 is 1.31 bits per heavy atom. The van der Waals surface area contributed by atoms with Gasteiger partial charge in [0, 0.05) is 41.6 Å². The Labute approximate surface area is 157 Å². The fraction of sp³-hybridized carbons (Fsp3) is 0.474. The number of hydrogen-bond donors (Lipinski definition) is 3. The van der Waals surface area contributed by atoms with Gasteiger partial charge in [-0.05, 0) is 31.0 Å². The molecule has 138 valence electrons. The van der Waals surface area contributed by atoms with Crippen molar-refractivity contribution in [2.75, 3.05) is 11.1 Å². The van der Waals surface area contributed by atoms with Gasteiger partial charge in [0.2, 0.25) is 5.91 Å². The highest BCUT2D eigenvalue weighted by molar-refractivity contribution is 8.00. The zero-order valence-corrected chi connectivity index (χ0v) is 15.6. The molecule has 3 heterocycles. The van der Waals surface area contributed by atoms with Gasteiger partial charge in [-0.3, -0.25) is 4.79 Å². The molecule has 0 aliphatic carbocycles. The first kappa shape index (κ1) is 17.3. The first-order valence-corrected chi connectivity index (χ1v) is 10.2. The number of urea groups is 1. The fourth-order valence-electron chi connectivity index (χ4n) is 3.90. The number of anilines is 1. The number of thioether (sulfide) groups is 1. The highest BCUT2D eigenvalue weighted by Crippen LogP contribution is 2.33. The van der Waals surface area contributed by atoms with Gasteiger partial charge in [-0.2, -0.15) is 11.8 Å². The number of unbranched alkanes of at least 4 members (excludes halogenated alkanes) is 1. The lowest BCUT2D eigenvalue weighted by Gasteiger charge is -2.16. The lowest BCUT2D eigenvalue weighted by molar-refractivity contribution is -0.116. The maximum atomic E-state index is 12.3. The largest absolute Gasteiger partial charge is 0.350 e. The van der Waals surface area contributed by atoms with E-state index < -0.39 is 0 Å². The molecular formula is C19H24N4O2S. The molecule has 3 amide bonds. The van der Waals surface area contributed by atoms with Crippen LogP contribution in [0.3, 0.4) is 0 Å². The van der Waals surface area contributed by atoms with E-state index in [9.17, 15) is 9.59 Å². The summed E-state index contributed by atoms with van der Waals surface area (Å²) in [5.41, 5.74) is 1.99. The third-order valence-corrected chi connectivity index (χ3v) is 6.79. The second kappa shape index (κ2) is 7.23. The van der Waals surface area contributed by atoms with Crippen molar-refractivity contribution in [1.29, 1.82) is 0 Å². The average molecular weight is 372 g/mol. The van der Waals surface area contributed by atoms with Crippen molar-refractivity contribution < 1.29 is 9.59 Å². The molecule has 2 fully saturated rings. The molecule has 3 atom stereocenters. The second-order valence-corrected chi connectivity index (χ2v) is 8.35. The van der Waals surface area contributed by atoms with E-state index in [4.69, 9.17) is 0 Å². The predicted octanol–water partition coefficient (Wildman–Crippen LogP) is 2.84. The standard InChI is InChI=1S/C19H24N4O2S/c1-23-10-9-12-13(5-4-6-15(12)23)20-17(24)8-3-2-7-16-18-14(11-26-16)21-19(25)22-18/h4-6,9-10,14,16,18H,2-3,7-8,11H2,1H3,(H,20,24)(H2,21,22,25)/t14-,16-,18+/m0/s1. The molecule has 0 spiro atoms. The maximum absolute atomic E-state index is 12.3. The van der Waals surface area contributed by atoms with Gasteiger partial charge in [0.15, 0.2) is 0 Å². The Balaban J connectivity index is 1.24. The van der Waals surface area contributed by atoms with Crippen LogP contribution in [0.5, 0.6) is 0 Å². The van der Waals surface area contributed by atoms with Crippen LogP contribution >= 0.6 is 11.8 Å². The minimum Gasteiger partial charge on any atom is -0.350 e. The van der Waals surface area contributed by atoms with Crippen LogP contribution in [0.4, 0.5) is 10.5 Å². The first-order valence-electron chi connectivity index (χ1n) is 9.14. The highest BCUT2D eigenvalue weighted by Gasteiger charge is 2.42. The number of hydrogen-bond acceptors (Lipinski definition) is 3. The first-order chi connectivity index (χ1) is 12.6. The molecule has 4 rings (SSSR count). The van der Waals surface area contributed by atoms with E-state index in [1.807, 2.05) is 53.8 Å². The highest BCUT2D eigenvalue weighted by atomic mass is 32.2. The van der Waals surface area contributed by atoms with Crippen LogP contribution in [0.15, 0.2) is 30.5 Å². The summed E-state index contributed by atoms with van der Waals surface area (Å²) in [7, 11) is 2.00. The third-order valence-electron chi connectivity index (χ3n) is 5.28. The monoisotopic (exact) mass is 372 g/mol. The van der Waals surface area contributed by atoms with Gasteiger partial charge in [0.1, 0.15) is 0 Å². The summed E-state index contributed by atoms with van der Waals surface area (Å²) in [4.78, 5) is 23.7. The molecule has 1 aromatic carbocycles. The zero-order chi connectivity index (χ0) is 18.1. The topological polar surface area (TPSA) is 75.2 Å². The Kier molecular flexibility index (Phi) is 4.80. The van der Waals surface area contributed by atoms with E-state index in [0.717, 1.165) is 41.6 Å². The third kappa shape index (κ3) is 3.40. The van der Waals surface area contributed by atoms with Crippen molar-refractivity contribution in [3.63, 3.8) is 0 Å². The fourth-order valence-corrected chi connectivity index (χ4v) is 5.44. The number of nitrogens with zero attached hydrogens (tertiary/aromatic N) is 1. The normalized spacial score (nSPS) is 24.3. The van der Waals surface area contributed by atoms with Crippen molar-refractivity contribution >= 4 is 40.3 Å². The van der Waals surface area contributed by atoms with Crippen LogP contribution in [0.2, 0.25) is 0 Å². The van der Waals surface area contributed by atoms with Crippen molar-refractivity contribution in [3.8, 4) is 0 Å². The van der Waals surface area contributed by atoms with E-state index in [1.54, 1.807) is 0 Å². The Hall–Kier alpha value is -2.15. The molecule has 2 saturated heterocycles. The summed E-state index contributed by atoms with van der Waals surface area (Å²) in [5.74, 6) is 1.05. The molecule has 0 bridgehead atoms. The summed E-state index contributed by atoms with van der Waals surface area (Å²) in [6.45, 7) is 0. The Morgan fingerprint density at radius 3 is 3.08 bits per heavy atom. The SMILES string of the molecule is Cn1ccc2c(NC(=O)CCCC[C@@H]3SC[C@@H]4NC(=O)N[C@H]43)cccc21. The number of amides is 3. The van der Waals surface area contributed by atoms with Crippen molar-refractivity contribution in [2.24, 2.45) is 7.05 Å². The smallest absolute Gasteiger partial charge is 0.315 e. The number of benzene rings is 1. The van der Waals surface area contributed by atoms with Gasteiger partial charge in [0.25, 0.3) is 0 Å². The van der Waals surface area contributed by atoms with Gasteiger partial charge in [-0.1, -0.05) is 12.5 Å². The quantitative estimate of drug-likeness (QED) is 0.539. The van der Waals surface area contributed by atoms with Gasteiger partial charge in [-0.25, -0.2) is 4.79 Å². The predicted molar refractivity (Wildman–Crippen MR) is 106 cm³/mol. The second-order valence-electron chi connectivity index (χ2n) is 7.08. The molecule has 0 unspecified atom stereocenters. The average Bonchev–Trinajstić information content (AvgIpc) is 3.28. The van der Waals surface area contributed by atoms with E-state index in [-0.39, 0.29) is 24.0 Å². The van der Waals surface area contributed by atoms with E-state index >= 15 is 0 Å². The molecule has 0 radical (unpaired) electrons. The number of nitrogens with one attached hydrogen (secondary N) is 3. The van der Waals surface area contributed by atoms with Crippen molar-refractivity contribution in [3.05, 3.63) is 30.5 Å². The molecule has 1 aromatic heterocycles. The number of carbonyl (C=O) groups is 2. The molecule has 2 aliphatic rings. The number of aromatic nitrogens is 1. The van der Waals surface area contributed by atoms with Gasteiger partial charge in [-0.15, -0.1) is 0 Å². The summed E-state index contributed by atoms with van der Waals surface area (Å²) in [5, 5.41) is 10.6. The van der Waals surface area contributed by atoms with Crippen LogP contribution in [-0.4, -0.2) is 39.6 Å². The lowest BCUT2D eigenvalue weighted by Crippen LogP contribution is -2.36. The van der Waals surface area contributed by atoms with Crippen molar-refractivity contribution in [2.45, 2.75) is 43.0 Å². The van der Waals surface area contributed by atoms with E-state index in [0.29, 0.717) is 11.7 Å². The Morgan fingerprint density at radius 2 is 2.19 bits per heavy atom. The summed E-state index contributed by atoms with van der Waals surface area (Å²) < 4.78 is 2.05. The summed E-state index contributed by atoms with van der Waals surface area (Å²) in [6, 6.07) is 8.47. The molecule has 3 N–H and O–H groups in total. The number of rotatable bonds is 6. The summed E-state index contributed by atoms with van der Waals surface area (Å²) >= 11 is 1.92. The molecule has 2 aliphatic heterocycles. The molecule has 6 nitrogen and oxygen atoms in total. The molecule has 26 heavy (non-hydrogen) atoms. The Bertz CT molecular complexity index is 834. The van der Waals surface area contributed by atoms with Gasteiger partial charge >= 0.3 is 6.03 Å². The number of carbonyl (C=O) groups excluding carboxylic acids is 2. The van der Waals surface area contributed by atoms with Gasteiger partial charge < -0.3 is 20.5 Å². The van der Waals surface area contributed by atoms with E-state index in [2.05, 4.69) is 16.0 Å². The molecule has 2 aromatic rings. The van der Waals surface area contributed by atoms with Crippen LogP contribution in [0, 0.1) is 0 Å². The van der Waals surface area contributed by atoms with Crippen LogP contribution in [0.1, 0.15) is 25.7 Å². The van der Waals surface area contributed by atoms with Crippen LogP contribution in [0.25, 0.3) is 10.9 Å². The molecule has 7 heteroatoms. The van der Waals surface area contributed by atoms with E-state index in [1.165, 1.54) is 0 Å². The minimum atomic E-state index is -0.0419. The minimum absolute atomic E-state index is 0.0419. The van der Waals surface area contributed by atoms with Gasteiger partial charge in [0.05, 0.1) is 17.8 Å². The number of fused-ring (bicyclic) bond motifs is 2. The zero-order valence-electron chi connectivity index (χ0n) is 14.8. The maximum Gasteiger partial charge on any atom is 0.315 e. The molecular weight excluding hydrogens is 348 g/mol. The molecule has 0 saturated carbocycles. The van der Waals surface area contributed by atoms with Crippen LogP contribution < -0.4 is 16.0 Å². The van der Waals surface area contributed by atoms with Crippen molar-refractivity contribution in [1.82, 2.24) is 15.2 Å².